The molecule has 4 heteroatoms. The van der Waals surface area contributed by atoms with Crippen LogP contribution in [0, 0.1) is 0 Å². The van der Waals surface area contributed by atoms with Gasteiger partial charge in [-0.1, -0.05) is 93.6 Å². The third-order valence-corrected chi connectivity index (χ3v) is 5.43. The molecule has 1 aliphatic heterocycles. The number of carbonyl (C=O) groups is 2. The van der Waals surface area contributed by atoms with Crippen LogP contribution in [0.3, 0.4) is 0 Å². The van der Waals surface area contributed by atoms with Gasteiger partial charge in [-0.3, -0.25) is 14.5 Å². The summed E-state index contributed by atoms with van der Waals surface area (Å²) in [5, 5.41) is 3.23. The van der Waals surface area contributed by atoms with Crippen LogP contribution in [0.25, 0.3) is 5.57 Å². The van der Waals surface area contributed by atoms with Crippen LogP contribution in [0.1, 0.15) is 37.5 Å². The maximum absolute atomic E-state index is 13.3. The van der Waals surface area contributed by atoms with Gasteiger partial charge < -0.3 is 5.32 Å². The lowest BCUT2D eigenvalue weighted by atomic mass is 9.87. The van der Waals surface area contributed by atoms with Gasteiger partial charge >= 0.3 is 0 Å². The molecule has 0 unspecified atom stereocenters. The van der Waals surface area contributed by atoms with Crippen LogP contribution in [0.15, 0.2) is 90.6 Å². The van der Waals surface area contributed by atoms with Gasteiger partial charge in [0.25, 0.3) is 11.8 Å². The summed E-state index contributed by atoms with van der Waals surface area (Å²) in [6.07, 6.45) is 0. The molecule has 4 rings (SSSR count). The first-order valence-corrected chi connectivity index (χ1v) is 10.4. The highest BCUT2D eigenvalue weighted by Crippen LogP contribution is 2.32. The van der Waals surface area contributed by atoms with E-state index in [1.807, 2.05) is 84.9 Å². The molecule has 0 radical (unpaired) electrons. The van der Waals surface area contributed by atoms with Crippen molar-refractivity contribution in [3.05, 3.63) is 107 Å². The van der Waals surface area contributed by atoms with Crippen LogP contribution < -0.4 is 5.32 Å². The summed E-state index contributed by atoms with van der Waals surface area (Å²) in [6.45, 7) is 6.72. The molecule has 0 spiro atoms. The first kappa shape index (κ1) is 20.6. The summed E-state index contributed by atoms with van der Waals surface area (Å²) < 4.78 is 0. The number of nitrogens with zero attached hydrogens (tertiary/aromatic N) is 1. The Labute approximate surface area is 183 Å². The van der Waals surface area contributed by atoms with Crippen LogP contribution in [-0.2, 0) is 21.5 Å². The number of imide groups is 1. The highest BCUT2D eigenvalue weighted by Gasteiger charge is 2.39. The molecule has 0 saturated carbocycles. The third kappa shape index (κ3) is 4.29. The number of rotatable bonds is 5. The van der Waals surface area contributed by atoms with Crippen LogP contribution in [-0.4, -0.2) is 16.7 Å². The molecule has 0 fully saturated rings. The number of hydrogen-bond donors (Lipinski definition) is 1. The minimum absolute atomic E-state index is 0.0403. The number of carbonyl (C=O) groups excluding carboxylic acids is 2. The van der Waals surface area contributed by atoms with Gasteiger partial charge in [0.05, 0.1) is 12.1 Å². The molecule has 3 aromatic carbocycles. The van der Waals surface area contributed by atoms with Crippen molar-refractivity contribution in [1.82, 2.24) is 4.90 Å². The molecule has 31 heavy (non-hydrogen) atoms. The van der Waals surface area contributed by atoms with E-state index in [0.29, 0.717) is 11.3 Å². The minimum atomic E-state index is -0.312. The van der Waals surface area contributed by atoms with Crippen LogP contribution in [0.4, 0.5) is 5.69 Å². The molecular weight excluding hydrogens is 384 g/mol. The Bertz CT molecular complexity index is 1130. The fraction of sp³-hybridized carbons (Fsp3) is 0.185. The van der Waals surface area contributed by atoms with Crippen molar-refractivity contribution >= 4 is 23.1 Å². The summed E-state index contributed by atoms with van der Waals surface area (Å²) in [7, 11) is 0. The Morgan fingerprint density at radius 3 is 1.90 bits per heavy atom. The van der Waals surface area contributed by atoms with E-state index in [-0.39, 0.29) is 23.8 Å². The maximum Gasteiger partial charge on any atom is 0.278 e. The minimum Gasteiger partial charge on any atom is -0.350 e. The van der Waals surface area contributed by atoms with E-state index in [0.717, 1.165) is 16.8 Å². The number of benzene rings is 3. The number of anilines is 1. The monoisotopic (exact) mass is 410 g/mol. The average Bonchev–Trinajstić information content (AvgIpc) is 2.99. The van der Waals surface area contributed by atoms with Crippen LogP contribution >= 0.6 is 0 Å². The first-order valence-electron chi connectivity index (χ1n) is 10.4. The highest BCUT2D eigenvalue weighted by molar-refractivity contribution is 6.36. The molecule has 0 atom stereocenters. The van der Waals surface area contributed by atoms with Crippen LogP contribution in [0.2, 0.25) is 0 Å². The van der Waals surface area contributed by atoms with Gasteiger partial charge in [0.1, 0.15) is 5.70 Å². The summed E-state index contributed by atoms with van der Waals surface area (Å²) in [4.78, 5) is 27.9. The molecule has 4 nitrogen and oxygen atoms in total. The molecule has 0 aromatic heterocycles. The van der Waals surface area contributed by atoms with Gasteiger partial charge in [-0.05, 0) is 34.2 Å². The fourth-order valence-electron chi connectivity index (χ4n) is 3.67. The van der Waals surface area contributed by atoms with Crippen molar-refractivity contribution in [3.8, 4) is 0 Å². The summed E-state index contributed by atoms with van der Waals surface area (Å²) in [5.41, 5.74) is 4.38. The van der Waals surface area contributed by atoms with Crippen molar-refractivity contribution in [2.45, 2.75) is 32.7 Å². The van der Waals surface area contributed by atoms with E-state index in [2.05, 4.69) is 26.1 Å². The summed E-state index contributed by atoms with van der Waals surface area (Å²) in [6, 6.07) is 26.9. The first-order chi connectivity index (χ1) is 14.8. The molecular formula is C27H26N2O2. The molecule has 0 saturated heterocycles. The van der Waals surface area contributed by atoms with E-state index < -0.39 is 0 Å². The SMILES string of the molecule is CC(C)(C)c1ccc(NC2=C(c3ccccc3)C(=O)N(Cc3ccccc3)C2=O)cc1. The lowest BCUT2D eigenvalue weighted by Crippen LogP contribution is -2.31. The largest absolute Gasteiger partial charge is 0.350 e. The fourth-order valence-corrected chi connectivity index (χ4v) is 3.67. The smallest absolute Gasteiger partial charge is 0.278 e. The topological polar surface area (TPSA) is 49.4 Å². The normalized spacial score (nSPS) is 14.4. The molecule has 1 heterocycles. The van der Waals surface area contributed by atoms with Crippen LogP contribution in [0.5, 0.6) is 0 Å². The van der Waals surface area contributed by atoms with Gasteiger partial charge in [-0.15, -0.1) is 0 Å². The van der Waals surface area contributed by atoms with Crippen molar-refractivity contribution < 1.29 is 9.59 Å². The Balaban J connectivity index is 1.69. The summed E-state index contributed by atoms with van der Waals surface area (Å²) in [5.74, 6) is -0.596. The lowest BCUT2D eigenvalue weighted by Gasteiger charge is -2.19. The maximum atomic E-state index is 13.3. The van der Waals surface area contributed by atoms with Gasteiger partial charge in [0, 0.05) is 5.69 Å². The Kier molecular flexibility index (Phi) is 5.47. The zero-order valence-electron chi connectivity index (χ0n) is 18.1. The second-order valence-corrected chi connectivity index (χ2v) is 8.75. The van der Waals surface area contributed by atoms with Crippen molar-refractivity contribution in [3.63, 3.8) is 0 Å². The number of hydrogen-bond acceptors (Lipinski definition) is 3. The van der Waals surface area contributed by atoms with Gasteiger partial charge in [0.2, 0.25) is 0 Å². The van der Waals surface area contributed by atoms with Crippen molar-refractivity contribution in [1.29, 1.82) is 0 Å². The second-order valence-electron chi connectivity index (χ2n) is 8.75. The quantitative estimate of drug-likeness (QED) is 0.575. The number of amides is 2. The Morgan fingerprint density at radius 1 is 0.742 bits per heavy atom. The zero-order valence-corrected chi connectivity index (χ0v) is 18.1. The predicted molar refractivity (Wildman–Crippen MR) is 124 cm³/mol. The molecule has 0 aliphatic carbocycles. The average molecular weight is 411 g/mol. The molecule has 1 aliphatic rings. The highest BCUT2D eigenvalue weighted by atomic mass is 16.2. The molecule has 0 bridgehead atoms. The molecule has 2 amide bonds. The van der Waals surface area contributed by atoms with Crippen molar-refractivity contribution in [2.75, 3.05) is 5.32 Å². The molecule has 1 N–H and O–H groups in total. The van der Waals surface area contributed by atoms with E-state index >= 15 is 0 Å². The third-order valence-electron chi connectivity index (χ3n) is 5.43. The van der Waals surface area contributed by atoms with E-state index in [1.54, 1.807) is 0 Å². The Morgan fingerprint density at radius 2 is 1.32 bits per heavy atom. The van der Waals surface area contributed by atoms with E-state index in [1.165, 1.54) is 10.5 Å². The zero-order chi connectivity index (χ0) is 22.0. The lowest BCUT2D eigenvalue weighted by molar-refractivity contribution is -0.137. The van der Waals surface area contributed by atoms with Gasteiger partial charge in [-0.25, -0.2) is 0 Å². The van der Waals surface area contributed by atoms with Gasteiger partial charge in [-0.2, -0.15) is 0 Å². The molecule has 156 valence electrons. The van der Waals surface area contributed by atoms with Gasteiger partial charge in [0.15, 0.2) is 0 Å². The Hall–Kier alpha value is -3.66. The van der Waals surface area contributed by atoms with Crippen molar-refractivity contribution in [2.24, 2.45) is 0 Å². The second kappa shape index (κ2) is 8.23. The van der Waals surface area contributed by atoms with E-state index in [4.69, 9.17) is 0 Å². The standard InChI is InChI=1S/C27H26N2O2/c1-27(2,3)21-14-16-22(17-15-21)28-24-23(20-12-8-5-9-13-20)25(30)29(26(24)31)18-19-10-6-4-7-11-19/h4-17,28H,18H2,1-3H3. The van der Waals surface area contributed by atoms with E-state index in [9.17, 15) is 9.59 Å². The predicted octanol–water partition coefficient (Wildman–Crippen LogP) is 5.38. The molecule has 3 aromatic rings. The summed E-state index contributed by atoms with van der Waals surface area (Å²) >= 11 is 0. The number of nitrogens with one attached hydrogen (secondary N) is 1.